The maximum atomic E-state index is 13.9. The Balaban J connectivity index is 1.52. The van der Waals surface area contributed by atoms with Crippen LogP contribution in [0.3, 0.4) is 0 Å². The number of benzene rings is 1. The Labute approximate surface area is 264 Å². The van der Waals surface area contributed by atoms with Gasteiger partial charge >= 0.3 is 0 Å². The minimum atomic E-state index is -1.22. The summed E-state index contributed by atoms with van der Waals surface area (Å²) in [5.41, 5.74) is 10.5. The van der Waals surface area contributed by atoms with Crippen molar-refractivity contribution in [3.63, 3.8) is 0 Å². The van der Waals surface area contributed by atoms with E-state index in [1.807, 2.05) is 54.2 Å². The van der Waals surface area contributed by atoms with Gasteiger partial charge in [-0.1, -0.05) is 36.4 Å². The van der Waals surface area contributed by atoms with Gasteiger partial charge in [-0.05, 0) is 44.1 Å². The van der Waals surface area contributed by atoms with E-state index < -0.39 is 17.8 Å². The fourth-order valence-corrected chi connectivity index (χ4v) is 5.00. The molecule has 13 heteroatoms. The van der Waals surface area contributed by atoms with Crippen molar-refractivity contribution in [2.45, 2.75) is 32.9 Å². The van der Waals surface area contributed by atoms with Crippen LogP contribution in [0.4, 0.5) is 25.8 Å². The van der Waals surface area contributed by atoms with Crippen LogP contribution in [-0.4, -0.2) is 36.6 Å². The number of hydrogen-bond donors (Lipinski definition) is 4. The summed E-state index contributed by atoms with van der Waals surface area (Å²) in [6.45, 7) is 10.4. The number of hydrogen-bond acceptors (Lipinski definition) is 9. The zero-order valence-corrected chi connectivity index (χ0v) is 25.8. The van der Waals surface area contributed by atoms with Crippen molar-refractivity contribution >= 4 is 45.1 Å². The molecule has 1 aromatic carbocycles. The number of fused-ring (bicyclic) bond motifs is 1. The fraction of sp³-hybridized carbons (Fsp3) is 0.188. The molecule has 0 unspecified atom stereocenters. The number of hydrazine groups is 2. The molecule has 0 bridgehead atoms. The van der Waals surface area contributed by atoms with E-state index in [-0.39, 0.29) is 17.3 Å². The highest BCUT2D eigenvalue weighted by Crippen LogP contribution is 2.36. The van der Waals surface area contributed by atoms with Crippen molar-refractivity contribution in [1.82, 2.24) is 35.5 Å². The van der Waals surface area contributed by atoms with Crippen molar-refractivity contribution in [2.24, 2.45) is 7.05 Å². The molecule has 0 aliphatic carbocycles. The molecule has 10 nitrogen and oxygen atoms in total. The standard InChI is InChI=1S/C32H31ClF2N10/c1-18(2)45-17-27(42-43-45)28(19(3)7-6-8-20(4)32-37-9-10-44(32)5)40-22-11-24-29(41-23-13-26(34)31(35)39-16-23)21(14-36)15-38-30(24)25(33)12-22/h6-13,15-18,28,40,42-43H,3H2,1-2,4-5H3,(H,38,41)/b7-6-,20-8+/t28-/m0/s1. The molecule has 4 aromatic rings. The molecule has 0 amide bonds. The first-order valence-electron chi connectivity index (χ1n) is 14.0. The van der Waals surface area contributed by atoms with Crippen LogP contribution in [0.25, 0.3) is 16.5 Å². The summed E-state index contributed by atoms with van der Waals surface area (Å²) in [7, 11) is 1.94. The molecule has 1 aliphatic heterocycles. The highest BCUT2D eigenvalue weighted by molar-refractivity contribution is 6.36. The molecule has 4 heterocycles. The molecule has 1 atom stereocenters. The minimum absolute atomic E-state index is 0.151. The number of imidazole rings is 1. The molecule has 230 valence electrons. The first-order chi connectivity index (χ1) is 21.5. The Morgan fingerprint density at radius 2 is 1.96 bits per heavy atom. The van der Waals surface area contributed by atoms with Gasteiger partial charge in [0.2, 0.25) is 5.95 Å². The number of anilines is 3. The number of nitrogens with one attached hydrogen (secondary N) is 4. The Morgan fingerprint density at radius 3 is 2.62 bits per heavy atom. The molecule has 5 rings (SSSR count). The average molecular weight is 629 g/mol. The van der Waals surface area contributed by atoms with E-state index in [0.717, 1.165) is 34.9 Å². The predicted molar refractivity (Wildman–Crippen MR) is 173 cm³/mol. The number of aromatic nitrogens is 4. The second-order valence-corrected chi connectivity index (χ2v) is 11.1. The number of halogens is 3. The molecule has 45 heavy (non-hydrogen) atoms. The van der Waals surface area contributed by atoms with Crippen molar-refractivity contribution in [1.29, 1.82) is 5.26 Å². The quantitative estimate of drug-likeness (QED) is 0.116. The highest BCUT2D eigenvalue weighted by Gasteiger charge is 2.24. The van der Waals surface area contributed by atoms with Crippen LogP contribution in [0, 0.1) is 23.1 Å². The van der Waals surface area contributed by atoms with E-state index >= 15 is 0 Å². The molecule has 3 aromatic heterocycles. The highest BCUT2D eigenvalue weighted by atomic mass is 35.5. The van der Waals surface area contributed by atoms with Gasteiger partial charge in [-0.15, -0.1) is 5.53 Å². The predicted octanol–water partition coefficient (Wildman–Crippen LogP) is 6.48. The normalized spacial score (nSPS) is 14.1. The van der Waals surface area contributed by atoms with Crippen LogP contribution in [-0.2, 0) is 7.05 Å². The summed E-state index contributed by atoms with van der Waals surface area (Å²) in [4.78, 5) is 12.2. The molecule has 0 saturated carbocycles. The van der Waals surface area contributed by atoms with Crippen LogP contribution in [0.5, 0.6) is 0 Å². The van der Waals surface area contributed by atoms with E-state index in [0.29, 0.717) is 27.3 Å². The first-order valence-corrected chi connectivity index (χ1v) is 14.3. The van der Waals surface area contributed by atoms with E-state index in [1.54, 1.807) is 18.3 Å². The van der Waals surface area contributed by atoms with E-state index in [4.69, 9.17) is 11.6 Å². The van der Waals surface area contributed by atoms with Crippen molar-refractivity contribution in [2.75, 3.05) is 10.6 Å². The van der Waals surface area contributed by atoms with Gasteiger partial charge in [0.05, 0.1) is 45.4 Å². The van der Waals surface area contributed by atoms with Crippen molar-refractivity contribution < 1.29 is 8.78 Å². The monoisotopic (exact) mass is 628 g/mol. The number of nitrogens with zero attached hydrogens (tertiary/aromatic N) is 6. The summed E-state index contributed by atoms with van der Waals surface area (Å²) < 4.78 is 29.4. The Kier molecular flexibility index (Phi) is 9.13. The van der Waals surface area contributed by atoms with E-state index in [2.05, 4.69) is 63.0 Å². The third-order valence-electron chi connectivity index (χ3n) is 7.10. The number of rotatable bonds is 10. The lowest BCUT2D eigenvalue weighted by atomic mass is 10.0. The first kappa shape index (κ1) is 31.2. The van der Waals surface area contributed by atoms with Crippen molar-refractivity contribution in [3.8, 4) is 6.07 Å². The van der Waals surface area contributed by atoms with Crippen LogP contribution in [0.1, 0.15) is 32.2 Å². The van der Waals surface area contributed by atoms with Crippen molar-refractivity contribution in [3.05, 3.63) is 113 Å². The van der Waals surface area contributed by atoms with Gasteiger partial charge in [0.25, 0.3) is 0 Å². The Morgan fingerprint density at radius 1 is 1.16 bits per heavy atom. The summed E-state index contributed by atoms with van der Waals surface area (Å²) in [5.74, 6) is -1.49. The van der Waals surface area contributed by atoms with Gasteiger partial charge in [0, 0.05) is 55.0 Å². The molecule has 4 N–H and O–H groups in total. The van der Waals surface area contributed by atoms with Crippen LogP contribution < -0.4 is 21.6 Å². The third-order valence-corrected chi connectivity index (χ3v) is 7.39. The zero-order valence-electron chi connectivity index (χ0n) is 25.0. The average Bonchev–Trinajstić information content (AvgIpc) is 3.67. The molecule has 1 aliphatic rings. The van der Waals surface area contributed by atoms with Gasteiger partial charge < -0.3 is 20.6 Å². The van der Waals surface area contributed by atoms with E-state index in [1.165, 1.54) is 6.20 Å². The third kappa shape index (κ3) is 6.80. The smallest absolute Gasteiger partial charge is 0.249 e. The number of nitriles is 1. The van der Waals surface area contributed by atoms with Crippen LogP contribution in [0.2, 0.25) is 5.02 Å². The zero-order chi connectivity index (χ0) is 32.2. The topological polar surface area (TPSA) is 119 Å². The molecule has 0 spiro atoms. The van der Waals surface area contributed by atoms with Gasteiger partial charge in [-0.3, -0.25) is 9.99 Å². The molecular weight excluding hydrogens is 598 g/mol. The minimum Gasteiger partial charge on any atom is -0.373 e. The maximum Gasteiger partial charge on any atom is 0.249 e. The largest absolute Gasteiger partial charge is 0.373 e. The van der Waals surface area contributed by atoms with Gasteiger partial charge in [-0.2, -0.15) is 9.65 Å². The lowest BCUT2D eigenvalue weighted by molar-refractivity contribution is 0.221. The second kappa shape index (κ2) is 13.2. The number of aryl methyl sites for hydroxylation is 1. The SMILES string of the molecule is C=C(/C=C\C=C(/C)c1nccn1C)[C@H](Nc1cc(Cl)c2ncc(C#N)c(Nc3cnc(F)c(F)c3)c2c1)C1=CN(C(C)C)NN1. The second-order valence-electron chi connectivity index (χ2n) is 10.7. The molecule has 0 fully saturated rings. The summed E-state index contributed by atoms with van der Waals surface area (Å²) in [6, 6.07) is 6.30. The lowest BCUT2D eigenvalue weighted by Gasteiger charge is -2.22. The summed E-state index contributed by atoms with van der Waals surface area (Å²) >= 11 is 6.71. The Bertz CT molecular complexity index is 1900. The number of pyridine rings is 2. The summed E-state index contributed by atoms with van der Waals surface area (Å²) in [5, 5.41) is 19.1. The van der Waals surface area contributed by atoms with Crippen LogP contribution in [0.15, 0.2) is 85.3 Å². The number of allylic oxidation sites excluding steroid dienone is 3. The van der Waals surface area contributed by atoms with E-state index in [9.17, 15) is 14.0 Å². The van der Waals surface area contributed by atoms with Gasteiger partial charge in [-0.25, -0.2) is 14.4 Å². The van der Waals surface area contributed by atoms with Gasteiger partial charge in [0.1, 0.15) is 11.9 Å². The van der Waals surface area contributed by atoms with Gasteiger partial charge in [0.15, 0.2) is 5.82 Å². The Hall–Kier alpha value is -5.25. The molecule has 0 saturated heterocycles. The maximum absolute atomic E-state index is 13.9. The van der Waals surface area contributed by atoms with Crippen LogP contribution >= 0.6 is 11.6 Å². The molecular formula is C32H31ClF2N10. The molecule has 0 radical (unpaired) electrons. The fourth-order valence-electron chi connectivity index (χ4n) is 4.73. The lowest BCUT2D eigenvalue weighted by Crippen LogP contribution is -2.42. The summed E-state index contributed by atoms with van der Waals surface area (Å²) in [6.07, 6.45) is 13.9.